The Labute approximate surface area is 223 Å². The molecule has 2 aliphatic rings. The van der Waals surface area contributed by atoms with Crippen LogP contribution in [-0.2, 0) is 28.1 Å². The number of nitriles is 1. The molecule has 7 nitrogen and oxygen atoms in total. The van der Waals surface area contributed by atoms with Crippen molar-refractivity contribution in [1.82, 2.24) is 14.8 Å². The molecule has 3 aromatic rings. The molecule has 38 heavy (non-hydrogen) atoms. The minimum absolute atomic E-state index is 0.0762. The van der Waals surface area contributed by atoms with Gasteiger partial charge in [0.05, 0.1) is 23.1 Å². The Hall–Kier alpha value is -3.77. The van der Waals surface area contributed by atoms with Gasteiger partial charge in [-0.3, -0.25) is 14.4 Å². The first-order valence-corrected chi connectivity index (χ1v) is 12.7. The maximum atomic E-state index is 14.4. The average molecular weight is 539 g/mol. The van der Waals surface area contributed by atoms with Crippen molar-refractivity contribution in [3.8, 4) is 6.07 Å². The second-order valence-corrected chi connectivity index (χ2v) is 10.4. The summed E-state index contributed by atoms with van der Waals surface area (Å²) in [5.41, 5.74) is 1.51. The van der Waals surface area contributed by atoms with Gasteiger partial charge in [0.1, 0.15) is 24.6 Å². The third-order valence-electron chi connectivity index (χ3n) is 7.44. The zero-order valence-electron chi connectivity index (χ0n) is 20.6. The van der Waals surface area contributed by atoms with Crippen molar-refractivity contribution in [3.05, 3.63) is 70.1 Å². The van der Waals surface area contributed by atoms with Crippen molar-refractivity contribution in [2.75, 3.05) is 6.54 Å². The standard InChI is InChI=1S/C28H25ClF2N4O3/c1-16(36)21-13-34(23-9-18(5-6-20(21)23)28(15-32)7-8-28)14-25(37)35-12-19(30)10-24(35)27(38)33-11-17-3-2-4-22(29)26(17)31/h2-6,9,13,19,24H,7-8,10-12,14H2,1H3,(H,33,38)/t19-,24+/m1/s1. The number of aromatic nitrogens is 1. The van der Waals surface area contributed by atoms with Crippen LogP contribution in [0.1, 0.15) is 47.7 Å². The fourth-order valence-electron chi connectivity index (χ4n) is 5.12. The summed E-state index contributed by atoms with van der Waals surface area (Å²) >= 11 is 5.80. The number of halogens is 3. The molecule has 2 amide bonds. The lowest BCUT2D eigenvalue weighted by atomic mass is 9.96. The van der Waals surface area contributed by atoms with Crippen molar-refractivity contribution in [3.63, 3.8) is 0 Å². The molecule has 2 atom stereocenters. The van der Waals surface area contributed by atoms with E-state index in [1.165, 1.54) is 24.0 Å². The van der Waals surface area contributed by atoms with Crippen LogP contribution in [0.5, 0.6) is 0 Å². The molecule has 5 rings (SSSR count). The van der Waals surface area contributed by atoms with Gasteiger partial charge in [-0.25, -0.2) is 8.78 Å². The quantitative estimate of drug-likeness (QED) is 0.450. The number of nitrogens with one attached hydrogen (secondary N) is 1. The van der Waals surface area contributed by atoms with Crippen LogP contribution in [0.25, 0.3) is 10.9 Å². The number of carbonyl (C=O) groups is 3. The van der Waals surface area contributed by atoms with Gasteiger partial charge in [0.25, 0.3) is 0 Å². The maximum Gasteiger partial charge on any atom is 0.243 e. The number of nitrogens with zero attached hydrogens (tertiary/aromatic N) is 3. The van der Waals surface area contributed by atoms with E-state index in [9.17, 15) is 28.4 Å². The Balaban J connectivity index is 1.37. The van der Waals surface area contributed by atoms with E-state index in [0.717, 1.165) is 18.4 Å². The predicted molar refractivity (Wildman–Crippen MR) is 137 cm³/mol. The van der Waals surface area contributed by atoms with Crippen LogP contribution < -0.4 is 5.32 Å². The second-order valence-electron chi connectivity index (χ2n) is 9.98. The largest absolute Gasteiger partial charge is 0.350 e. The smallest absolute Gasteiger partial charge is 0.243 e. The fraction of sp³-hybridized carbons (Fsp3) is 0.357. The molecule has 1 aromatic heterocycles. The first kappa shape index (κ1) is 25.9. The SMILES string of the molecule is CC(=O)c1cn(CC(=O)N2C[C@H](F)C[C@H]2C(=O)NCc2cccc(Cl)c2F)c2cc(C3(C#N)CC3)ccc12. The average Bonchev–Trinajstić information content (AvgIpc) is 3.48. The van der Waals surface area contributed by atoms with Crippen LogP contribution in [0.2, 0.25) is 5.02 Å². The fourth-order valence-corrected chi connectivity index (χ4v) is 5.32. The number of amides is 2. The van der Waals surface area contributed by atoms with E-state index in [0.29, 0.717) is 16.5 Å². The highest BCUT2D eigenvalue weighted by molar-refractivity contribution is 6.30. The molecule has 0 bridgehead atoms. The number of Topliss-reactive ketones (excluding diaryl/α,β-unsaturated/α-hetero) is 1. The van der Waals surface area contributed by atoms with Gasteiger partial charge in [-0.2, -0.15) is 5.26 Å². The highest BCUT2D eigenvalue weighted by Crippen LogP contribution is 2.48. The summed E-state index contributed by atoms with van der Waals surface area (Å²) in [7, 11) is 0. The van der Waals surface area contributed by atoms with Gasteiger partial charge < -0.3 is 14.8 Å². The van der Waals surface area contributed by atoms with Gasteiger partial charge in [0.15, 0.2) is 5.78 Å². The summed E-state index contributed by atoms with van der Waals surface area (Å²) in [6.45, 7) is 0.814. The molecule has 1 aliphatic heterocycles. The number of hydrogen-bond donors (Lipinski definition) is 1. The minimum atomic E-state index is -1.39. The summed E-state index contributed by atoms with van der Waals surface area (Å²) in [6.07, 6.45) is 1.52. The van der Waals surface area contributed by atoms with Crippen LogP contribution in [0.15, 0.2) is 42.6 Å². The van der Waals surface area contributed by atoms with Gasteiger partial charge in [0, 0.05) is 41.2 Å². The molecule has 10 heteroatoms. The molecule has 1 N–H and O–H groups in total. The molecule has 0 spiro atoms. The van der Waals surface area contributed by atoms with E-state index in [2.05, 4.69) is 11.4 Å². The molecule has 2 aromatic carbocycles. The Morgan fingerprint density at radius 3 is 2.68 bits per heavy atom. The number of likely N-dealkylation sites (tertiary alicyclic amines) is 1. The zero-order chi connectivity index (χ0) is 27.2. The summed E-state index contributed by atoms with van der Waals surface area (Å²) in [5, 5.41) is 12.8. The number of alkyl halides is 1. The van der Waals surface area contributed by atoms with Gasteiger partial charge in [-0.1, -0.05) is 35.9 Å². The number of ketones is 1. The van der Waals surface area contributed by atoms with Crippen molar-refractivity contribution in [2.45, 2.75) is 56.9 Å². The van der Waals surface area contributed by atoms with E-state index < -0.39 is 35.3 Å². The van der Waals surface area contributed by atoms with E-state index in [-0.39, 0.29) is 42.4 Å². The molecule has 196 valence electrons. The van der Waals surface area contributed by atoms with Crippen molar-refractivity contribution < 1.29 is 23.2 Å². The number of rotatable bonds is 7. The zero-order valence-corrected chi connectivity index (χ0v) is 21.4. The van der Waals surface area contributed by atoms with Gasteiger partial charge >= 0.3 is 0 Å². The monoisotopic (exact) mass is 538 g/mol. The van der Waals surface area contributed by atoms with Gasteiger partial charge in [-0.05, 0) is 37.5 Å². The van der Waals surface area contributed by atoms with Gasteiger partial charge in [0.2, 0.25) is 11.8 Å². The molecule has 1 saturated carbocycles. The lowest BCUT2D eigenvalue weighted by Crippen LogP contribution is -2.46. The molecule has 0 radical (unpaired) electrons. The minimum Gasteiger partial charge on any atom is -0.350 e. The maximum absolute atomic E-state index is 14.4. The first-order valence-electron chi connectivity index (χ1n) is 12.3. The summed E-state index contributed by atoms with van der Waals surface area (Å²) < 4.78 is 30.2. The first-order chi connectivity index (χ1) is 18.1. The molecule has 1 aliphatic carbocycles. The lowest BCUT2D eigenvalue weighted by Gasteiger charge is -2.24. The molecule has 2 fully saturated rings. The summed E-state index contributed by atoms with van der Waals surface area (Å²) in [5.74, 6) is -1.91. The summed E-state index contributed by atoms with van der Waals surface area (Å²) in [4.78, 5) is 39.8. The molecular formula is C28H25ClF2N4O3. The van der Waals surface area contributed by atoms with E-state index in [4.69, 9.17) is 11.6 Å². The lowest BCUT2D eigenvalue weighted by molar-refractivity contribution is -0.139. The third kappa shape index (κ3) is 4.65. The van der Waals surface area contributed by atoms with Crippen LogP contribution in [0.4, 0.5) is 8.78 Å². The highest BCUT2D eigenvalue weighted by Gasteiger charge is 2.45. The van der Waals surface area contributed by atoms with Crippen molar-refractivity contribution >= 4 is 40.1 Å². The Morgan fingerprint density at radius 2 is 2.00 bits per heavy atom. The molecule has 0 unspecified atom stereocenters. The summed E-state index contributed by atoms with van der Waals surface area (Å²) in [6, 6.07) is 11.2. The van der Waals surface area contributed by atoms with Crippen molar-refractivity contribution in [2.24, 2.45) is 0 Å². The van der Waals surface area contributed by atoms with E-state index in [1.54, 1.807) is 22.9 Å². The highest BCUT2D eigenvalue weighted by atomic mass is 35.5. The second kappa shape index (κ2) is 9.84. The Kier molecular flexibility index (Phi) is 6.70. The van der Waals surface area contributed by atoms with Crippen LogP contribution >= 0.6 is 11.6 Å². The van der Waals surface area contributed by atoms with E-state index in [1.807, 2.05) is 12.1 Å². The number of carbonyl (C=O) groups excluding carboxylic acids is 3. The molecule has 1 saturated heterocycles. The van der Waals surface area contributed by atoms with Crippen LogP contribution in [-0.4, -0.2) is 45.8 Å². The Morgan fingerprint density at radius 1 is 1.24 bits per heavy atom. The number of hydrogen-bond acceptors (Lipinski definition) is 4. The van der Waals surface area contributed by atoms with E-state index >= 15 is 0 Å². The molecule has 2 heterocycles. The van der Waals surface area contributed by atoms with Crippen LogP contribution in [0.3, 0.4) is 0 Å². The third-order valence-corrected chi connectivity index (χ3v) is 7.73. The predicted octanol–water partition coefficient (Wildman–Crippen LogP) is 4.45. The van der Waals surface area contributed by atoms with Crippen LogP contribution in [0, 0.1) is 17.1 Å². The normalized spacial score (nSPS) is 19.8. The van der Waals surface area contributed by atoms with Crippen molar-refractivity contribution in [1.29, 1.82) is 5.26 Å². The van der Waals surface area contributed by atoms with Gasteiger partial charge in [-0.15, -0.1) is 0 Å². The molecular weight excluding hydrogens is 514 g/mol. The topological polar surface area (TPSA) is 95.2 Å². The number of fused-ring (bicyclic) bond motifs is 1. The Bertz CT molecular complexity index is 1510. The number of benzene rings is 2.